The summed E-state index contributed by atoms with van der Waals surface area (Å²) < 4.78 is 0. The predicted octanol–water partition coefficient (Wildman–Crippen LogP) is 2.80. The van der Waals surface area contributed by atoms with Crippen molar-refractivity contribution in [2.24, 2.45) is 10.8 Å². The van der Waals surface area contributed by atoms with Gasteiger partial charge in [0.2, 0.25) is 0 Å². The van der Waals surface area contributed by atoms with Crippen LogP contribution < -0.4 is 5.32 Å². The minimum Gasteiger partial charge on any atom is -0.366 e. The van der Waals surface area contributed by atoms with Crippen molar-refractivity contribution < 1.29 is 0 Å². The Morgan fingerprint density at radius 2 is 1.94 bits per heavy atom. The first-order valence-corrected chi connectivity index (χ1v) is 5.52. The second kappa shape index (κ2) is 3.21. The minimum absolute atomic E-state index is 0.275. The first-order chi connectivity index (χ1) is 7.39. The van der Waals surface area contributed by atoms with E-state index in [1.807, 2.05) is 0 Å². The van der Waals surface area contributed by atoms with E-state index in [1.54, 1.807) is 18.3 Å². The van der Waals surface area contributed by atoms with Crippen LogP contribution in [0.25, 0.3) is 0 Å². The number of pyridine rings is 1. The Labute approximate surface area is 96.5 Å². The average molecular weight is 215 g/mol. The Bertz CT molecular complexity index is 440. The third kappa shape index (κ3) is 1.46. The van der Waals surface area contributed by atoms with Crippen molar-refractivity contribution in [3.8, 4) is 6.07 Å². The quantitative estimate of drug-likeness (QED) is 0.825. The maximum Gasteiger partial charge on any atom is 0.127 e. The van der Waals surface area contributed by atoms with Gasteiger partial charge < -0.3 is 5.32 Å². The summed E-state index contributed by atoms with van der Waals surface area (Å²) in [6.07, 6.45) is 1.67. The van der Waals surface area contributed by atoms with Crippen LogP contribution in [0, 0.1) is 22.2 Å². The minimum atomic E-state index is 0.275. The molecule has 0 aliphatic heterocycles. The van der Waals surface area contributed by atoms with Gasteiger partial charge in [-0.15, -0.1) is 0 Å². The van der Waals surface area contributed by atoms with Crippen molar-refractivity contribution in [3.63, 3.8) is 0 Å². The molecule has 0 spiro atoms. The lowest BCUT2D eigenvalue weighted by atomic mass is 10.0. The number of aromatic nitrogens is 1. The summed E-state index contributed by atoms with van der Waals surface area (Å²) in [7, 11) is 0. The summed E-state index contributed by atoms with van der Waals surface area (Å²) in [4.78, 5) is 4.24. The predicted molar refractivity (Wildman–Crippen MR) is 63.9 cm³/mol. The van der Waals surface area contributed by atoms with Crippen molar-refractivity contribution in [1.82, 2.24) is 4.98 Å². The number of hydrogen-bond donors (Lipinski definition) is 1. The topological polar surface area (TPSA) is 48.7 Å². The Morgan fingerprint density at radius 1 is 1.31 bits per heavy atom. The molecule has 16 heavy (non-hydrogen) atoms. The molecule has 0 saturated heterocycles. The molecule has 0 radical (unpaired) electrons. The first-order valence-electron chi connectivity index (χ1n) is 5.52. The van der Waals surface area contributed by atoms with Gasteiger partial charge in [-0.05, 0) is 23.0 Å². The maximum atomic E-state index is 8.81. The number of hydrogen-bond acceptors (Lipinski definition) is 3. The fourth-order valence-electron chi connectivity index (χ4n) is 2.28. The standard InChI is InChI=1S/C13H17N3/c1-12(2)11(13(12,3)4)16-10-7-9(8-14)5-6-15-10/h5-7,11H,1-4H3,(H,15,16). The maximum absolute atomic E-state index is 8.81. The van der Waals surface area contributed by atoms with E-state index in [9.17, 15) is 0 Å². The van der Waals surface area contributed by atoms with E-state index in [1.165, 1.54) is 0 Å². The lowest BCUT2D eigenvalue weighted by molar-refractivity contribution is 0.457. The Balaban J connectivity index is 2.15. The highest BCUT2D eigenvalue weighted by atomic mass is 15.1. The summed E-state index contributed by atoms with van der Waals surface area (Å²) in [5, 5.41) is 12.2. The van der Waals surface area contributed by atoms with E-state index in [0.717, 1.165) is 5.82 Å². The van der Waals surface area contributed by atoms with Crippen LogP contribution in [0.5, 0.6) is 0 Å². The lowest BCUT2D eigenvalue weighted by Gasteiger charge is -2.06. The molecule has 3 nitrogen and oxygen atoms in total. The molecular weight excluding hydrogens is 198 g/mol. The molecule has 0 amide bonds. The molecule has 1 aliphatic carbocycles. The molecule has 1 saturated carbocycles. The van der Waals surface area contributed by atoms with Crippen LogP contribution in [0.1, 0.15) is 33.3 Å². The zero-order valence-electron chi connectivity index (χ0n) is 10.2. The van der Waals surface area contributed by atoms with Crippen molar-refractivity contribution in [3.05, 3.63) is 23.9 Å². The molecule has 84 valence electrons. The summed E-state index contributed by atoms with van der Waals surface area (Å²) in [5.74, 6) is 0.794. The monoisotopic (exact) mass is 215 g/mol. The molecule has 0 bridgehead atoms. The van der Waals surface area contributed by atoms with E-state index in [2.05, 4.69) is 44.1 Å². The van der Waals surface area contributed by atoms with Gasteiger partial charge in [-0.25, -0.2) is 4.98 Å². The van der Waals surface area contributed by atoms with Crippen LogP contribution in [0.2, 0.25) is 0 Å². The summed E-state index contributed by atoms with van der Waals surface area (Å²) in [6, 6.07) is 6.05. The third-order valence-corrected chi connectivity index (χ3v) is 4.20. The molecule has 0 aromatic carbocycles. The van der Waals surface area contributed by atoms with Crippen molar-refractivity contribution in [2.45, 2.75) is 33.7 Å². The van der Waals surface area contributed by atoms with E-state index in [0.29, 0.717) is 11.6 Å². The summed E-state index contributed by atoms with van der Waals surface area (Å²) >= 11 is 0. The first kappa shape index (κ1) is 10.9. The molecule has 1 heterocycles. The van der Waals surface area contributed by atoms with E-state index in [-0.39, 0.29) is 10.8 Å². The molecule has 0 atom stereocenters. The van der Waals surface area contributed by atoms with Crippen LogP contribution in [-0.4, -0.2) is 11.0 Å². The second-order valence-electron chi connectivity index (χ2n) is 5.56. The number of nitriles is 1. The van der Waals surface area contributed by atoms with Gasteiger partial charge in [0.05, 0.1) is 11.6 Å². The molecule has 0 unspecified atom stereocenters. The highest BCUT2D eigenvalue weighted by molar-refractivity contribution is 5.46. The highest BCUT2D eigenvalue weighted by Crippen LogP contribution is 2.63. The molecular formula is C13H17N3. The van der Waals surface area contributed by atoms with Gasteiger partial charge in [-0.3, -0.25) is 0 Å². The number of nitrogens with one attached hydrogen (secondary N) is 1. The highest BCUT2D eigenvalue weighted by Gasteiger charge is 2.65. The van der Waals surface area contributed by atoms with Gasteiger partial charge in [0.1, 0.15) is 5.82 Å². The van der Waals surface area contributed by atoms with Crippen molar-refractivity contribution in [2.75, 3.05) is 5.32 Å². The number of nitrogens with zero attached hydrogens (tertiary/aromatic N) is 2. The van der Waals surface area contributed by atoms with Crippen LogP contribution >= 0.6 is 0 Å². The molecule has 1 aliphatic rings. The van der Waals surface area contributed by atoms with Gasteiger partial charge in [-0.1, -0.05) is 27.7 Å². The molecule has 1 aromatic heterocycles. The van der Waals surface area contributed by atoms with Crippen LogP contribution in [-0.2, 0) is 0 Å². The second-order valence-corrected chi connectivity index (χ2v) is 5.56. The SMILES string of the molecule is CC1(C)C(Nc2cc(C#N)ccn2)C1(C)C. The van der Waals surface area contributed by atoms with Crippen LogP contribution in [0.3, 0.4) is 0 Å². The van der Waals surface area contributed by atoms with Gasteiger partial charge >= 0.3 is 0 Å². The Kier molecular flexibility index (Phi) is 2.20. The smallest absolute Gasteiger partial charge is 0.127 e. The molecule has 1 aromatic rings. The van der Waals surface area contributed by atoms with Crippen molar-refractivity contribution >= 4 is 5.82 Å². The molecule has 2 rings (SSSR count). The van der Waals surface area contributed by atoms with E-state index < -0.39 is 0 Å². The molecule has 1 N–H and O–H groups in total. The third-order valence-electron chi connectivity index (χ3n) is 4.20. The lowest BCUT2D eigenvalue weighted by Crippen LogP contribution is -2.11. The zero-order chi connectivity index (χ0) is 12.0. The Morgan fingerprint density at radius 3 is 2.44 bits per heavy atom. The normalized spacial score (nSPS) is 21.2. The molecule has 3 heteroatoms. The fourth-order valence-corrected chi connectivity index (χ4v) is 2.28. The van der Waals surface area contributed by atoms with Crippen LogP contribution in [0.4, 0.5) is 5.82 Å². The van der Waals surface area contributed by atoms with Crippen molar-refractivity contribution in [1.29, 1.82) is 5.26 Å². The Hall–Kier alpha value is -1.56. The van der Waals surface area contributed by atoms with Gasteiger partial charge in [-0.2, -0.15) is 5.26 Å². The average Bonchev–Trinajstić information content (AvgIpc) is 2.61. The fraction of sp³-hybridized carbons (Fsp3) is 0.538. The van der Waals surface area contributed by atoms with Crippen LogP contribution in [0.15, 0.2) is 18.3 Å². The van der Waals surface area contributed by atoms with Gasteiger partial charge in [0.25, 0.3) is 0 Å². The van der Waals surface area contributed by atoms with E-state index in [4.69, 9.17) is 5.26 Å². The largest absolute Gasteiger partial charge is 0.366 e. The van der Waals surface area contributed by atoms with Gasteiger partial charge in [0.15, 0.2) is 0 Å². The summed E-state index contributed by atoms with van der Waals surface area (Å²) in [5.41, 5.74) is 1.20. The zero-order valence-corrected chi connectivity index (χ0v) is 10.2. The summed E-state index contributed by atoms with van der Waals surface area (Å²) in [6.45, 7) is 9.00. The number of anilines is 1. The molecule has 1 fully saturated rings. The van der Waals surface area contributed by atoms with Gasteiger partial charge in [0, 0.05) is 12.2 Å². The number of rotatable bonds is 2. The van der Waals surface area contributed by atoms with E-state index >= 15 is 0 Å².